The number of aliphatic hydroxyl groups excluding tert-OH is 5. The molecule has 0 heterocycles. The van der Waals surface area contributed by atoms with Crippen molar-refractivity contribution in [1.29, 1.82) is 0 Å². The molecule has 18 heavy (non-hydrogen) atoms. The van der Waals surface area contributed by atoms with E-state index in [9.17, 15) is 20.4 Å². The molecule has 7 nitrogen and oxygen atoms in total. The van der Waals surface area contributed by atoms with E-state index in [1.807, 2.05) is 13.8 Å². The van der Waals surface area contributed by atoms with E-state index in [2.05, 4.69) is 5.32 Å². The number of nitrogens with one attached hydrogen (secondary N) is 1. The smallest absolute Gasteiger partial charge is 0.217 e. The van der Waals surface area contributed by atoms with Crippen LogP contribution in [-0.4, -0.2) is 63.7 Å². The second kappa shape index (κ2) is 9.12. The summed E-state index contributed by atoms with van der Waals surface area (Å²) in [5.74, 6) is -1.64. The zero-order valence-electron chi connectivity index (χ0n) is 10.7. The highest BCUT2D eigenvalue weighted by atomic mass is 16.6. The van der Waals surface area contributed by atoms with Crippen LogP contribution >= 0.6 is 0 Å². The van der Waals surface area contributed by atoms with Gasteiger partial charge in [-0.2, -0.15) is 0 Å². The summed E-state index contributed by atoms with van der Waals surface area (Å²) in [6.45, 7) is 4.15. The maximum atomic E-state index is 9.38. The van der Waals surface area contributed by atoms with Crippen molar-refractivity contribution >= 4 is 0 Å². The molecule has 0 fully saturated rings. The minimum Gasteiger partial charge on any atom is -0.506 e. The third-order valence-corrected chi connectivity index (χ3v) is 2.14. The monoisotopic (exact) mass is 265 g/mol. The Labute approximate surface area is 106 Å². The van der Waals surface area contributed by atoms with Crippen LogP contribution in [0.25, 0.3) is 0 Å². The average molecular weight is 265 g/mol. The van der Waals surface area contributed by atoms with Crippen molar-refractivity contribution in [2.75, 3.05) is 19.8 Å². The van der Waals surface area contributed by atoms with Gasteiger partial charge in [-0.1, -0.05) is 13.8 Å². The number of rotatable bonds is 9. The molecule has 0 saturated carbocycles. The molecule has 0 radical (unpaired) electrons. The van der Waals surface area contributed by atoms with E-state index in [1.165, 1.54) is 0 Å². The van der Waals surface area contributed by atoms with Crippen LogP contribution in [0.2, 0.25) is 0 Å². The first-order valence-electron chi connectivity index (χ1n) is 5.84. The first-order valence-corrected chi connectivity index (χ1v) is 5.84. The van der Waals surface area contributed by atoms with Gasteiger partial charge in [-0.05, 0) is 0 Å². The summed E-state index contributed by atoms with van der Waals surface area (Å²) >= 11 is 0. The molecule has 2 atom stereocenters. The fraction of sp³-hybridized carbons (Fsp3) is 0.818. The lowest BCUT2D eigenvalue weighted by molar-refractivity contribution is -0.0979. The van der Waals surface area contributed by atoms with Gasteiger partial charge in [0.2, 0.25) is 6.29 Å². The van der Waals surface area contributed by atoms with E-state index in [4.69, 9.17) is 9.84 Å². The molecule has 0 saturated heterocycles. The number of aliphatic hydroxyl groups is 5. The summed E-state index contributed by atoms with van der Waals surface area (Å²) in [5, 5.41) is 49.0. The van der Waals surface area contributed by atoms with Crippen LogP contribution in [-0.2, 0) is 4.74 Å². The second-order valence-electron chi connectivity index (χ2n) is 4.13. The predicted octanol–water partition coefficient (Wildman–Crippen LogP) is -0.610. The summed E-state index contributed by atoms with van der Waals surface area (Å²) in [6, 6.07) is 0.273. The molecule has 0 rings (SSSR count). The maximum absolute atomic E-state index is 9.38. The summed E-state index contributed by atoms with van der Waals surface area (Å²) in [7, 11) is 0. The number of hydrogen-bond acceptors (Lipinski definition) is 7. The Hall–Kier alpha value is -0.860. The van der Waals surface area contributed by atoms with Gasteiger partial charge >= 0.3 is 0 Å². The summed E-state index contributed by atoms with van der Waals surface area (Å²) in [4.78, 5) is 0. The minimum absolute atomic E-state index is 0.132. The van der Waals surface area contributed by atoms with Crippen LogP contribution in [0.3, 0.4) is 0 Å². The van der Waals surface area contributed by atoms with Gasteiger partial charge in [-0.3, -0.25) is 0 Å². The zero-order chi connectivity index (χ0) is 14.1. The normalized spacial score (nSPS) is 16.6. The molecule has 0 aliphatic rings. The molecule has 0 aromatic rings. The van der Waals surface area contributed by atoms with Gasteiger partial charge in [0.15, 0.2) is 11.5 Å². The second-order valence-corrected chi connectivity index (χ2v) is 4.13. The molecule has 0 aliphatic carbocycles. The number of hydrogen-bond donors (Lipinski definition) is 6. The Bertz CT molecular complexity index is 256. The van der Waals surface area contributed by atoms with Crippen molar-refractivity contribution in [3.8, 4) is 0 Å². The van der Waals surface area contributed by atoms with Gasteiger partial charge in [0.25, 0.3) is 0 Å². The van der Waals surface area contributed by atoms with Crippen molar-refractivity contribution in [3.63, 3.8) is 0 Å². The van der Waals surface area contributed by atoms with Gasteiger partial charge in [0.1, 0.15) is 6.10 Å². The summed E-state index contributed by atoms with van der Waals surface area (Å²) in [5.41, 5.74) is 0. The minimum atomic E-state index is -1.70. The Morgan fingerprint density at radius 2 is 1.78 bits per heavy atom. The Kier molecular flexibility index (Phi) is 8.69. The molecular weight excluding hydrogens is 242 g/mol. The Morgan fingerprint density at radius 1 is 1.17 bits per heavy atom. The van der Waals surface area contributed by atoms with Crippen molar-refractivity contribution in [1.82, 2.24) is 5.32 Å². The molecule has 0 spiro atoms. The highest BCUT2D eigenvalue weighted by Gasteiger charge is 2.20. The third kappa shape index (κ3) is 6.77. The van der Waals surface area contributed by atoms with Crippen LogP contribution in [0.1, 0.15) is 20.3 Å². The molecular formula is C11H23NO6. The largest absolute Gasteiger partial charge is 0.506 e. The van der Waals surface area contributed by atoms with E-state index in [-0.39, 0.29) is 25.7 Å². The van der Waals surface area contributed by atoms with E-state index in [0.29, 0.717) is 6.54 Å². The first-order chi connectivity index (χ1) is 8.40. The molecule has 0 bridgehead atoms. The Morgan fingerprint density at radius 3 is 2.28 bits per heavy atom. The highest BCUT2D eigenvalue weighted by molar-refractivity contribution is 5.05. The molecule has 6 N–H and O–H groups in total. The maximum Gasteiger partial charge on any atom is 0.217 e. The van der Waals surface area contributed by atoms with E-state index in [0.717, 1.165) is 0 Å². The highest BCUT2D eigenvalue weighted by Crippen LogP contribution is 2.11. The lowest BCUT2D eigenvalue weighted by Gasteiger charge is -2.16. The van der Waals surface area contributed by atoms with Crippen molar-refractivity contribution in [2.24, 2.45) is 0 Å². The topological polar surface area (TPSA) is 122 Å². The van der Waals surface area contributed by atoms with Crippen LogP contribution in [0.4, 0.5) is 0 Å². The van der Waals surface area contributed by atoms with Crippen LogP contribution in [0.15, 0.2) is 11.5 Å². The lowest BCUT2D eigenvalue weighted by atomic mass is 10.2. The quantitative estimate of drug-likeness (QED) is 0.187. The van der Waals surface area contributed by atoms with Gasteiger partial charge < -0.3 is 35.6 Å². The SMILES string of the molecule is CC(C)NCCO[C@H](O)/C(O)=C(\O)[C@H](O)CCO. The molecule has 0 aromatic heterocycles. The fourth-order valence-electron chi connectivity index (χ4n) is 1.15. The van der Waals surface area contributed by atoms with Crippen molar-refractivity contribution in [3.05, 3.63) is 11.5 Å². The molecule has 0 aromatic carbocycles. The van der Waals surface area contributed by atoms with E-state index in [1.54, 1.807) is 0 Å². The standard InChI is InChI=1S/C11H23NO6/c1-7(2)12-4-6-18-11(17)10(16)9(15)8(14)3-5-13/h7-8,11-17H,3-6H2,1-2H3/b10-9+/t8-,11+/m1/s1. The van der Waals surface area contributed by atoms with Gasteiger partial charge in [-0.25, -0.2) is 0 Å². The molecule has 7 heteroatoms. The van der Waals surface area contributed by atoms with Gasteiger partial charge in [0.05, 0.1) is 6.61 Å². The fourth-order valence-corrected chi connectivity index (χ4v) is 1.15. The summed E-state index contributed by atoms with van der Waals surface area (Å²) < 4.78 is 4.86. The molecule has 0 amide bonds. The van der Waals surface area contributed by atoms with Crippen molar-refractivity contribution < 1.29 is 30.3 Å². The van der Waals surface area contributed by atoms with E-state index < -0.39 is 23.9 Å². The van der Waals surface area contributed by atoms with Crippen LogP contribution < -0.4 is 5.32 Å². The lowest BCUT2D eigenvalue weighted by Crippen LogP contribution is -2.29. The third-order valence-electron chi connectivity index (χ3n) is 2.14. The number of ether oxygens (including phenoxy) is 1. The predicted molar refractivity (Wildman–Crippen MR) is 65.1 cm³/mol. The van der Waals surface area contributed by atoms with Crippen LogP contribution in [0, 0.1) is 0 Å². The first kappa shape index (κ1) is 17.1. The molecule has 0 aliphatic heterocycles. The zero-order valence-corrected chi connectivity index (χ0v) is 10.7. The summed E-state index contributed by atoms with van der Waals surface area (Å²) in [6.07, 6.45) is -3.27. The van der Waals surface area contributed by atoms with Gasteiger partial charge in [0, 0.05) is 25.6 Å². The molecule has 0 unspecified atom stereocenters. The Balaban J connectivity index is 4.14. The van der Waals surface area contributed by atoms with E-state index >= 15 is 0 Å². The van der Waals surface area contributed by atoms with Gasteiger partial charge in [-0.15, -0.1) is 0 Å². The van der Waals surface area contributed by atoms with Crippen LogP contribution in [0.5, 0.6) is 0 Å². The van der Waals surface area contributed by atoms with Crippen molar-refractivity contribution in [2.45, 2.75) is 38.7 Å². The average Bonchev–Trinajstić information content (AvgIpc) is 2.32. The molecule has 108 valence electrons.